The van der Waals surface area contributed by atoms with Crippen LogP contribution in [0, 0.1) is 0 Å². The molecule has 14 nitrogen and oxygen atoms in total. The molecule has 93 heavy (non-hydrogen) atoms. The Bertz CT molecular complexity index is 2070. The van der Waals surface area contributed by atoms with Gasteiger partial charge in [0.1, 0.15) is 48.8 Å². The molecule has 0 aromatic heterocycles. The number of amides is 1. The number of ether oxygens (including phenoxy) is 4. The Morgan fingerprint density at radius 3 is 1.14 bits per heavy atom. The third-order valence-electron chi connectivity index (χ3n) is 17.1. The van der Waals surface area contributed by atoms with Crippen molar-refractivity contribution in [3.63, 3.8) is 0 Å². The van der Waals surface area contributed by atoms with Gasteiger partial charge in [0.25, 0.3) is 0 Å². The molecule has 0 aliphatic carbocycles. The molecule has 532 valence electrons. The van der Waals surface area contributed by atoms with Crippen LogP contribution in [0.5, 0.6) is 0 Å². The van der Waals surface area contributed by atoms with E-state index in [-0.39, 0.29) is 18.9 Å². The molecule has 12 atom stereocenters. The first kappa shape index (κ1) is 85.2. The Morgan fingerprint density at radius 2 is 0.742 bits per heavy atom. The van der Waals surface area contributed by atoms with E-state index in [0.29, 0.717) is 6.42 Å². The standard InChI is InChI=1S/C79H133NO13/c1-3-5-7-9-11-13-15-17-19-21-23-25-27-28-29-30-31-32-33-34-35-36-37-38-39-40-41-43-45-47-49-51-53-55-57-59-61-63-71(84)80-67(66-90-78-76(89)74(87)77(70(65-82)92-78)93-79-75(88)73(86)72(85)69(64-81)91-79)68(83)62-60-58-56-54-52-50-48-46-44-42-26-24-22-20-18-16-14-12-10-8-6-4-2/h5,7,11,13,17,19,23,25,28-29,31-32,34-35,37-38,40-41,45,47,60,62,67-70,72-79,81-83,85-89H,3-4,6,8-10,12,14-16,18,20-22,24,26-27,30,33,36,39,42-44,46,48-59,61,63-66H2,1-2H3,(H,80,84)/b7-5-,13-11-,19-17-,25-23-,29-28-,32-31-,35-34-,38-37-,41-40-,47-45-,62-60+. The second-order valence-electron chi connectivity index (χ2n) is 25.3. The minimum absolute atomic E-state index is 0.256. The number of allylic oxidation sites excluding steroid dienone is 21. The third kappa shape index (κ3) is 45.3. The summed E-state index contributed by atoms with van der Waals surface area (Å²) in [6.45, 7) is 2.69. The number of hydrogen-bond acceptors (Lipinski definition) is 13. The highest BCUT2D eigenvalue weighted by Crippen LogP contribution is 2.30. The predicted molar refractivity (Wildman–Crippen MR) is 382 cm³/mol. The zero-order valence-electron chi connectivity index (χ0n) is 57.9. The SMILES string of the molecule is CC/C=C\C/C=C\C/C=C\C/C=C\C/C=C\C/C=C\C/C=C\C/C=C\C/C=C\C/C=C\CCCCCCCCC(=O)NC(COC1OC(CO)C(OC2OC(CO)C(O)C(O)C2O)C(O)C1O)C(O)/C=C/CCCCCCCCCCCCCCCCCCCCCC. The van der Waals surface area contributed by atoms with E-state index >= 15 is 0 Å². The monoisotopic (exact) mass is 1300 g/mol. The minimum Gasteiger partial charge on any atom is -0.394 e. The largest absolute Gasteiger partial charge is 0.394 e. The van der Waals surface area contributed by atoms with Gasteiger partial charge in [-0.25, -0.2) is 0 Å². The predicted octanol–water partition coefficient (Wildman–Crippen LogP) is 15.8. The van der Waals surface area contributed by atoms with Gasteiger partial charge in [0, 0.05) is 6.42 Å². The van der Waals surface area contributed by atoms with E-state index in [4.69, 9.17) is 18.9 Å². The number of aliphatic hydroxyl groups is 8. The molecule has 12 unspecified atom stereocenters. The zero-order chi connectivity index (χ0) is 67.3. The van der Waals surface area contributed by atoms with Gasteiger partial charge in [-0.2, -0.15) is 0 Å². The Hall–Kier alpha value is -3.87. The lowest BCUT2D eigenvalue weighted by Gasteiger charge is -2.46. The average Bonchev–Trinajstić information content (AvgIpc) is 0.852. The van der Waals surface area contributed by atoms with Crippen LogP contribution in [0.3, 0.4) is 0 Å². The molecule has 14 heteroatoms. The molecular weight excluding hydrogens is 1170 g/mol. The molecular formula is C79H133NO13. The van der Waals surface area contributed by atoms with Crippen molar-refractivity contribution in [3.8, 4) is 0 Å². The molecule has 2 aliphatic rings. The van der Waals surface area contributed by atoms with Gasteiger partial charge < -0.3 is 65.1 Å². The van der Waals surface area contributed by atoms with Gasteiger partial charge in [-0.05, 0) is 96.3 Å². The summed E-state index contributed by atoms with van der Waals surface area (Å²) >= 11 is 0. The van der Waals surface area contributed by atoms with Gasteiger partial charge >= 0.3 is 0 Å². The molecule has 2 saturated heterocycles. The van der Waals surface area contributed by atoms with Gasteiger partial charge in [0.05, 0.1) is 32.0 Å². The van der Waals surface area contributed by atoms with Crippen LogP contribution in [0.15, 0.2) is 134 Å². The van der Waals surface area contributed by atoms with Gasteiger partial charge in [0.15, 0.2) is 12.6 Å². The summed E-state index contributed by atoms with van der Waals surface area (Å²) in [6, 6.07) is -0.934. The molecule has 2 fully saturated rings. The highest BCUT2D eigenvalue weighted by molar-refractivity contribution is 5.76. The van der Waals surface area contributed by atoms with E-state index in [2.05, 4.69) is 141 Å². The lowest BCUT2D eigenvalue weighted by molar-refractivity contribution is -0.359. The fourth-order valence-electron chi connectivity index (χ4n) is 11.3. The quantitative estimate of drug-likeness (QED) is 0.0204. The van der Waals surface area contributed by atoms with Crippen molar-refractivity contribution in [3.05, 3.63) is 134 Å². The zero-order valence-corrected chi connectivity index (χ0v) is 57.9. The van der Waals surface area contributed by atoms with Crippen LogP contribution < -0.4 is 5.32 Å². The highest BCUT2D eigenvalue weighted by atomic mass is 16.7. The molecule has 2 rings (SSSR count). The summed E-state index contributed by atoms with van der Waals surface area (Å²) in [4.78, 5) is 13.3. The molecule has 0 spiro atoms. The van der Waals surface area contributed by atoms with E-state index in [0.717, 1.165) is 122 Å². The maximum Gasteiger partial charge on any atom is 0.220 e. The maximum atomic E-state index is 13.3. The van der Waals surface area contributed by atoms with Crippen LogP contribution in [0.25, 0.3) is 0 Å². The third-order valence-corrected chi connectivity index (χ3v) is 17.1. The molecule has 0 saturated carbocycles. The molecule has 0 aromatic rings. The Kier molecular flexibility index (Phi) is 56.5. The lowest BCUT2D eigenvalue weighted by Crippen LogP contribution is -2.65. The summed E-state index contributed by atoms with van der Waals surface area (Å²) in [6.07, 6.45) is 75.0. The van der Waals surface area contributed by atoms with Gasteiger partial charge in [-0.3, -0.25) is 4.79 Å². The van der Waals surface area contributed by atoms with Gasteiger partial charge in [0.2, 0.25) is 5.91 Å². The Labute approximate surface area is 564 Å². The smallest absolute Gasteiger partial charge is 0.220 e. The van der Waals surface area contributed by atoms with Crippen molar-refractivity contribution in [2.24, 2.45) is 0 Å². The van der Waals surface area contributed by atoms with Crippen LogP contribution in [-0.2, 0) is 23.7 Å². The van der Waals surface area contributed by atoms with Crippen molar-refractivity contribution in [1.29, 1.82) is 0 Å². The highest BCUT2D eigenvalue weighted by Gasteiger charge is 2.51. The fourth-order valence-corrected chi connectivity index (χ4v) is 11.3. The van der Waals surface area contributed by atoms with Gasteiger partial charge in [-0.1, -0.05) is 295 Å². The number of unbranched alkanes of at least 4 members (excludes halogenated alkanes) is 26. The van der Waals surface area contributed by atoms with E-state index in [1.54, 1.807) is 6.08 Å². The van der Waals surface area contributed by atoms with E-state index in [1.165, 1.54) is 116 Å². The van der Waals surface area contributed by atoms with Crippen molar-refractivity contribution in [2.75, 3.05) is 19.8 Å². The van der Waals surface area contributed by atoms with E-state index in [9.17, 15) is 45.6 Å². The second-order valence-corrected chi connectivity index (χ2v) is 25.3. The molecule has 9 N–H and O–H groups in total. The summed E-state index contributed by atoms with van der Waals surface area (Å²) in [5.41, 5.74) is 0. The fraction of sp³-hybridized carbons (Fsp3) is 0.709. The molecule has 0 radical (unpaired) electrons. The normalized spacial score (nSPS) is 23.4. The first-order valence-electron chi connectivity index (χ1n) is 36.9. The first-order chi connectivity index (χ1) is 45.6. The molecule has 2 heterocycles. The minimum atomic E-state index is -1.80. The van der Waals surface area contributed by atoms with E-state index in [1.807, 2.05) is 6.08 Å². The van der Waals surface area contributed by atoms with Crippen LogP contribution >= 0.6 is 0 Å². The number of nitrogens with one attached hydrogen (secondary N) is 1. The number of carbonyl (C=O) groups excluding carboxylic acids is 1. The molecule has 0 bridgehead atoms. The van der Waals surface area contributed by atoms with Crippen molar-refractivity contribution in [1.82, 2.24) is 5.32 Å². The Morgan fingerprint density at radius 1 is 0.398 bits per heavy atom. The van der Waals surface area contributed by atoms with Crippen LogP contribution in [0.4, 0.5) is 0 Å². The summed E-state index contributed by atoms with van der Waals surface area (Å²) in [5.74, 6) is -0.257. The van der Waals surface area contributed by atoms with Crippen LogP contribution in [-0.4, -0.2) is 140 Å². The molecule has 0 aromatic carbocycles. The number of rotatable bonds is 59. The Balaban J connectivity index is 1.67. The molecule has 2 aliphatic heterocycles. The summed E-state index contributed by atoms with van der Waals surface area (Å²) in [5, 5.41) is 87.5. The van der Waals surface area contributed by atoms with Gasteiger partial charge in [-0.15, -0.1) is 0 Å². The summed E-state index contributed by atoms with van der Waals surface area (Å²) < 4.78 is 22.9. The lowest BCUT2D eigenvalue weighted by atomic mass is 9.97. The van der Waals surface area contributed by atoms with Crippen molar-refractivity contribution >= 4 is 5.91 Å². The second kappa shape index (κ2) is 61.7. The van der Waals surface area contributed by atoms with Crippen molar-refractivity contribution in [2.45, 2.75) is 338 Å². The van der Waals surface area contributed by atoms with Crippen LogP contribution in [0.2, 0.25) is 0 Å². The van der Waals surface area contributed by atoms with Crippen LogP contribution in [0.1, 0.15) is 264 Å². The average molecular weight is 1300 g/mol. The number of hydrogen-bond donors (Lipinski definition) is 9. The van der Waals surface area contributed by atoms with Crippen molar-refractivity contribution < 1.29 is 64.6 Å². The number of aliphatic hydroxyl groups excluding tert-OH is 8. The van der Waals surface area contributed by atoms with E-state index < -0.39 is 86.8 Å². The topological polar surface area (TPSA) is 228 Å². The molecule has 1 amide bonds. The number of carbonyl (C=O) groups is 1. The first-order valence-corrected chi connectivity index (χ1v) is 36.9. The summed E-state index contributed by atoms with van der Waals surface area (Å²) in [7, 11) is 0. The maximum absolute atomic E-state index is 13.3.